The average Bonchev–Trinajstić information content (AvgIpc) is 3.41. The number of rotatable bonds is 5. The number of aromatic nitrogens is 4. The van der Waals surface area contributed by atoms with Crippen LogP contribution in [0.2, 0.25) is 0 Å². The van der Waals surface area contributed by atoms with E-state index < -0.39 is 0 Å². The zero-order chi connectivity index (χ0) is 18.7. The van der Waals surface area contributed by atoms with Crippen molar-refractivity contribution in [1.82, 2.24) is 30.0 Å². The van der Waals surface area contributed by atoms with Crippen LogP contribution in [0.25, 0.3) is 0 Å². The van der Waals surface area contributed by atoms with Crippen molar-refractivity contribution in [3.05, 3.63) is 6.33 Å². The second kappa shape index (κ2) is 8.22. The maximum Gasteiger partial charge on any atom is 0.224 e. The van der Waals surface area contributed by atoms with E-state index in [1.165, 1.54) is 44.9 Å². The lowest BCUT2D eigenvalue weighted by molar-refractivity contribution is -0.138. The topological polar surface area (TPSA) is 87.4 Å². The summed E-state index contributed by atoms with van der Waals surface area (Å²) in [7, 11) is 0. The molecule has 1 amide bonds. The molecule has 8 nitrogen and oxygen atoms in total. The minimum atomic E-state index is 0.141. The first kappa shape index (κ1) is 18.8. The predicted octanol–water partition coefficient (Wildman–Crippen LogP) is 0.929. The molecule has 1 N–H and O–H groups in total. The van der Waals surface area contributed by atoms with E-state index in [-0.39, 0.29) is 23.8 Å². The Bertz CT molecular complexity index is 608. The quantitative estimate of drug-likeness (QED) is 0.823. The van der Waals surface area contributed by atoms with Crippen molar-refractivity contribution in [1.29, 1.82) is 0 Å². The monoisotopic (exact) mass is 376 g/mol. The highest BCUT2D eigenvalue weighted by Gasteiger charge is 2.46. The molecule has 27 heavy (non-hydrogen) atoms. The molecule has 4 rings (SSSR count). The Labute approximate surface area is 160 Å². The van der Waals surface area contributed by atoms with Gasteiger partial charge in [-0.2, -0.15) is 0 Å². The van der Waals surface area contributed by atoms with Crippen LogP contribution in [0, 0.1) is 11.3 Å². The van der Waals surface area contributed by atoms with Crippen molar-refractivity contribution in [3.8, 4) is 0 Å². The summed E-state index contributed by atoms with van der Waals surface area (Å²) in [6, 6.07) is 0.794. The van der Waals surface area contributed by atoms with Crippen molar-refractivity contribution in [2.45, 2.75) is 64.0 Å². The Balaban J connectivity index is 1.31. The molecule has 1 aliphatic carbocycles. The highest BCUT2D eigenvalue weighted by atomic mass is 16.3. The Hall–Kier alpha value is -1.54. The smallest absolute Gasteiger partial charge is 0.224 e. The minimum absolute atomic E-state index is 0.141. The summed E-state index contributed by atoms with van der Waals surface area (Å²) >= 11 is 0. The summed E-state index contributed by atoms with van der Waals surface area (Å²) in [4.78, 5) is 17.2. The van der Waals surface area contributed by atoms with E-state index in [9.17, 15) is 9.90 Å². The van der Waals surface area contributed by atoms with Gasteiger partial charge in [-0.15, -0.1) is 5.10 Å². The standard InChI is InChI=1S/C19H32N6O2/c26-14-16-13-24(18(27)5-9-25-15-20-21-22-25)12-8-19(16)6-10-23(11-7-19)17-3-1-2-4-17/h15-17,26H,1-14H2/t16-/m0/s1. The van der Waals surface area contributed by atoms with Crippen molar-refractivity contribution in [3.63, 3.8) is 0 Å². The first-order valence-corrected chi connectivity index (χ1v) is 10.5. The first-order chi connectivity index (χ1) is 13.2. The maximum absolute atomic E-state index is 12.6. The molecule has 2 saturated heterocycles. The molecule has 3 fully saturated rings. The zero-order valence-corrected chi connectivity index (χ0v) is 16.2. The van der Waals surface area contributed by atoms with Crippen molar-refractivity contribution in [2.24, 2.45) is 11.3 Å². The van der Waals surface area contributed by atoms with E-state index in [2.05, 4.69) is 20.4 Å². The van der Waals surface area contributed by atoms with Crippen LogP contribution in [0.5, 0.6) is 0 Å². The molecule has 2 aliphatic heterocycles. The van der Waals surface area contributed by atoms with Gasteiger partial charge in [-0.1, -0.05) is 12.8 Å². The van der Waals surface area contributed by atoms with E-state index >= 15 is 0 Å². The third-order valence-corrected chi connectivity index (χ3v) is 7.34. The number of nitrogens with zero attached hydrogens (tertiary/aromatic N) is 6. The van der Waals surface area contributed by atoms with Gasteiger partial charge in [0.15, 0.2) is 0 Å². The molecular weight excluding hydrogens is 344 g/mol. The number of hydrogen-bond donors (Lipinski definition) is 1. The lowest BCUT2D eigenvalue weighted by atomic mass is 9.64. The van der Waals surface area contributed by atoms with E-state index in [0.717, 1.165) is 32.1 Å². The molecule has 1 saturated carbocycles. The molecule has 1 atom stereocenters. The minimum Gasteiger partial charge on any atom is -0.396 e. The molecule has 0 radical (unpaired) electrons. The number of carbonyl (C=O) groups is 1. The second-order valence-corrected chi connectivity index (χ2v) is 8.63. The molecule has 3 heterocycles. The maximum atomic E-state index is 12.6. The second-order valence-electron chi connectivity index (χ2n) is 8.63. The van der Waals surface area contributed by atoms with Crippen LogP contribution >= 0.6 is 0 Å². The van der Waals surface area contributed by atoms with Gasteiger partial charge in [0.05, 0.1) is 6.54 Å². The first-order valence-electron chi connectivity index (χ1n) is 10.5. The number of aliphatic hydroxyl groups is 1. The van der Waals surface area contributed by atoms with E-state index in [4.69, 9.17) is 0 Å². The molecule has 1 aromatic heterocycles. The molecule has 3 aliphatic rings. The third-order valence-electron chi connectivity index (χ3n) is 7.34. The number of tetrazole rings is 1. The lowest BCUT2D eigenvalue weighted by Gasteiger charge is -2.52. The van der Waals surface area contributed by atoms with Gasteiger partial charge in [0.2, 0.25) is 5.91 Å². The highest BCUT2D eigenvalue weighted by molar-refractivity contribution is 5.76. The largest absolute Gasteiger partial charge is 0.396 e. The van der Waals surface area contributed by atoms with Crippen LogP contribution in [0.1, 0.15) is 51.4 Å². The zero-order valence-electron chi connectivity index (χ0n) is 16.2. The fourth-order valence-electron chi connectivity index (χ4n) is 5.50. The molecule has 0 aromatic carbocycles. The molecular formula is C19H32N6O2. The normalized spacial score (nSPS) is 26.7. The van der Waals surface area contributed by atoms with Crippen molar-refractivity contribution in [2.75, 3.05) is 32.8 Å². The molecule has 1 aromatic rings. The number of hydrogen-bond acceptors (Lipinski definition) is 6. The Morgan fingerprint density at radius 2 is 1.89 bits per heavy atom. The van der Waals surface area contributed by atoms with Gasteiger partial charge in [0, 0.05) is 38.1 Å². The summed E-state index contributed by atoms with van der Waals surface area (Å²) in [5.74, 6) is 0.344. The van der Waals surface area contributed by atoms with E-state index in [1.54, 1.807) is 4.68 Å². The van der Waals surface area contributed by atoms with Crippen LogP contribution < -0.4 is 0 Å². The van der Waals surface area contributed by atoms with Crippen molar-refractivity contribution < 1.29 is 9.90 Å². The molecule has 1 spiro atoms. The number of aliphatic hydroxyl groups excluding tert-OH is 1. The number of aryl methyl sites for hydroxylation is 1. The predicted molar refractivity (Wildman–Crippen MR) is 99.7 cm³/mol. The fraction of sp³-hybridized carbons (Fsp3) is 0.895. The number of piperidine rings is 2. The SMILES string of the molecule is O=C(CCn1cnnn1)N1CCC2(CCN(C3CCCC3)CC2)[C@H](CO)C1. The highest BCUT2D eigenvalue weighted by Crippen LogP contribution is 2.46. The third kappa shape index (κ3) is 4.01. The Morgan fingerprint density at radius 3 is 2.56 bits per heavy atom. The van der Waals surface area contributed by atoms with Crippen LogP contribution in [0.4, 0.5) is 0 Å². The number of amides is 1. The number of likely N-dealkylation sites (tertiary alicyclic amines) is 2. The summed E-state index contributed by atoms with van der Waals surface area (Å²) in [5, 5.41) is 21.1. The van der Waals surface area contributed by atoms with Gasteiger partial charge in [0.25, 0.3) is 0 Å². The molecule has 0 unspecified atom stereocenters. The Kier molecular flexibility index (Phi) is 5.73. The van der Waals surface area contributed by atoms with E-state index in [1.807, 2.05) is 4.90 Å². The van der Waals surface area contributed by atoms with Crippen LogP contribution in [0.15, 0.2) is 6.33 Å². The van der Waals surface area contributed by atoms with Crippen molar-refractivity contribution >= 4 is 5.91 Å². The number of carbonyl (C=O) groups excluding carboxylic acids is 1. The lowest BCUT2D eigenvalue weighted by Crippen LogP contribution is -2.55. The van der Waals surface area contributed by atoms with Crippen LogP contribution in [-0.2, 0) is 11.3 Å². The van der Waals surface area contributed by atoms with Gasteiger partial charge in [-0.25, -0.2) is 4.68 Å². The fourth-order valence-corrected chi connectivity index (χ4v) is 5.50. The van der Waals surface area contributed by atoms with Gasteiger partial charge < -0.3 is 14.9 Å². The van der Waals surface area contributed by atoms with Gasteiger partial charge >= 0.3 is 0 Å². The molecule has 0 bridgehead atoms. The molecule has 150 valence electrons. The summed E-state index contributed by atoms with van der Waals surface area (Å²) in [6.45, 7) is 4.51. The van der Waals surface area contributed by atoms with Gasteiger partial charge in [0.1, 0.15) is 6.33 Å². The van der Waals surface area contributed by atoms with Crippen LogP contribution in [0.3, 0.4) is 0 Å². The van der Waals surface area contributed by atoms with E-state index in [0.29, 0.717) is 19.5 Å². The Morgan fingerprint density at radius 1 is 1.15 bits per heavy atom. The average molecular weight is 377 g/mol. The van der Waals surface area contributed by atoms with Gasteiger partial charge in [-0.3, -0.25) is 4.79 Å². The molecule has 8 heteroatoms. The summed E-state index contributed by atoms with van der Waals surface area (Å²) < 4.78 is 1.59. The van der Waals surface area contributed by atoms with Gasteiger partial charge in [-0.05, 0) is 61.0 Å². The summed E-state index contributed by atoms with van der Waals surface area (Å²) in [6.07, 6.45) is 10.8. The van der Waals surface area contributed by atoms with Crippen LogP contribution in [-0.4, -0.2) is 79.8 Å². The summed E-state index contributed by atoms with van der Waals surface area (Å²) in [5.41, 5.74) is 0.219.